The van der Waals surface area contributed by atoms with Gasteiger partial charge < -0.3 is 0 Å². The largest absolute Gasteiger partial charge is 0.246 e. The molecule has 0 radical (unpaired) electrons. The van der Waals surface area contributed by atoms with Gasteiger partial charge in [-0.25, -0.2) is 13.6 Å². The van der Waals surface area contributed by atoms with E-state index < -0.39 is 15.2 Å². The molecule has 0 spiro atoms. The Balaban J connectivity index is 3.12. The van der Waals surface area contributed by atoms with E-state index in [0.29, 0.717) is 0 Å². The van der Waals surface area contributed by atoms with Crippen molar-refractivity contribution in [2.45, 2.75) is 5.50 Å². The highest BCUT2D eigenvalue weighted by Crippen LogP contribution is 2.24. The number of pyridine rings is 1. The molecule has 1 rings (SSSR count). The van der Waals surface area contributed by atoms with Crippen LogP contribution in [0.1, 0.15) is 11.1 Å². The van der Waals surface area contributed by atoms with Crippen molar-refractivity contribution in [1.82, 2.24) is 4.98 Å². The van der Waals surface area contributed by atoms with E-state index in [4.69, 9.17) is 16.9 Å². The van der Waals surface area contributed by atoms with Crippen molar-refractivity contribution in [2.75, 3.05) is 6.26 Å². The summed E-state index contributed by atoms with van der Waals surface area (Å²) in [5, 5.41) is 8.46. The summed E-state index contributed by atoms with van der Waals surface area (Å²) in [6, 6.07) is 2.74. The number of hydrogen-bond acceptors (Lipinski definition) is 4. The molecule has 0 fully saturated rings. The van der Waals surface area contributed by atoms with Crippen LogP contribution in [0.25, 0.3) is 0 Å². The summed E-state index contributed by atoms with van der Waals surface area (Å²) >= 11 is 5.51. The van der Waals surface area contributed by atoms with Gasteiger partial charge in [0.25, 0.3) is 0 Å². The summed E-state index contributed by atoms with van der Waals surface area (Å²) in [6.07, 6.45) is 3.58. The molecular formula is C8H7ClFN3OS. The average molecular weight is 248 g/mol. The third-order valence-corrected chi connectivity index (χ3v) is 3.33. The number of rotatable bonds is 2. The van der Waals surface area contributed by atoms with Crippen molar-refractivity contribution in [3.05, 3.63) is 29.0 Å². The van der Waals surface area contributed by atoms with E-state index in [1.807, 2.05) is 0 Å². The summed E-state index contributed by atoms with van der Waals surface area (Å²) in [6.45, 7) is 0. The summed E-state index contributed by atoms with van der Waals surface area (Å²) in [5.74, 6) is 0. The van der Waals surface area contributed by atoms with Gasteiger partial charge in [-0.1, -0.05) is 17.7 Å². The zero-order chi connectivity index (χ0) is 11.5. The lowest BCUT2D eigenvalue weighted by molar-refractivity contribution is 0.451. The maximum atomic E-state index is 13.6. The van der Waals surface area contributed by atoms with E-state index in [-0.39, 0.29) is 10.7 Å². The molecule has 0 amide bonds. The molecule has 7 heteroatoms. The molecular weight excluding hydrogens is 241 g/mol. The molecule has 0 aliphatic heterocycles. The second kappa shape index (κ2) is 4.55. The second-order valence-corrected chi connectivity index (χ2v) is 5.49. The molecule has 80 valence electrons. The van der Waals surface area contributed by atoms with Gasteiger partial charge in [-0.05, 0) is 6.07 Å². The minimum Gasteiger partial charge on any atom is -0.246 e. The fourth-order valence-electron chi connectivity index (χ4n) is 0.901. The number of aromatic nitrogens is 1. The van der Waals surface area contributed by atoms with E-state index in [9.17, 15) is 8.60 Å². The predicted octanol–water partition coefficient (Wildman–Crippen LogP) is 2.28. The van der Waals surface area contributed by atoms with Crippen LogP contribution in [0.15, 0.2) is 22.7 Å². The van der Waals surface area contributed by atoms with E-state index in [1.165, 1.54) is 24.5 Å². The normalized spacial score (nSPS) is 16.1. The van der Waals surface area contributed by atoms with E-state index in [1.54, 1.807) is 0 Å². The topological polar surface area (TPSA) is 66.1 Å². The lowest BCUT2D eigenvalue weighted by atomic mass is 10.3. The van der Waals surface area contributed by atoms with Gasteiger partial charge in [-0.15, -0.1) is 4.36 Å². The van der Waals surface area contributed by atoms with Crippen LogP contribution < -0.4 is 0 Å². The molecule has 0 aromatic carbocycles. The van der Waals surface area contributed by atoms with Gasteiger partial charge in [0.1, 0.15) is 5.15 Å². The quantitative estimate of drug-likeness (QED) is 0.595. The zero-order valence-electron chi connectivity index (χ0n) is 7.72. The molecule has 0 saturated carbocycles. The van der Waals surface area contributed by atoms with Crippen LogP contribution >= 0.6 is 11.6 Å². The third-order valence-electron chi connectivity index (χ3n) is 1.62. The van der Waals surface area contributed by atoms with Gasteiger partial charge in [0.15, 0.2) is 0 Å². The van der Waals surface area contributed by atoms with Crippen LogP contribution in [0.2, 0.25) is 5.15 Å². The van der Waals surface area contributed by atoms with Crippen molar-refractivity contribution in [2.24, 2.45) is 4.36 Å². The van der Waals surface area contributed by atoms with E-state index >= 15 is 0 Å². The number of hydrogen-bond donors (Lipinski definition) is 0. The first-order valence-electron chi connectivity index (χ1n) is 3.82. The van der Waals surface area contributed by atoms with Crippen molar-refractivity contribution in [3.8, 4) is 6.19 Å². The number of nitriles is 1. The Morgan fingerprint density at radius 1 is 1.73 bits per heavy atom. The summed E-state index contributed by atoms with van der Waals surface area (Å²) in [7, 11) is -3.21. The average Bonchev–Trinajstić information content (AvgIpc) is 2.18. The Labute approximate surface area is 91.9 Å². The van der Waals surface area contributed by atoms with Gasteiger partial charge in [-0.2, -0.15) is 5.26 Å². The standard InChI is InChI=1S/C8H7ClFN3OS/c1-15(14,13-5-11)8(10)6-2-3-7(9)12-4-6/h2-4,8H,1H3. The van der Waals surface area contributed by atoms with Crippen LogP contribution in [0.5, 0.6) is 0 Å². The Bertz CT molecular complexity index is 502. The summed E-state index contributed by atoms with van der Waals surface area (Å²) in [5.41, 5.74) is -1.76. The highest BCUT2D eigenvalue weighted by Gasteiger charge is 2.20. The first-order valence-corrected chi connectivity index (χ1v) is 6.18. The van der Waals surface area contributed by atoms with Crippen molar-refractivity contribution >= 4 is 21.3 Å². The highest BCUT2D eigenvalue weighted by atomic mass is 35.5. The summed E-state index contributed by atoms with van der Waals surface area (Å²) in [4.78, 5) is 3.65. The van der Waals surface area contributed by atoms with E-state index in [2.05, 4.69) is 9.35 Å². The van der Waals surface area contributed by atoms with Gasteiger partial charge in [0.2, 0.25) is 11.7 Å². The van der Waals surface area contributed by atoms with Crippen LogP contribution in [0.4, 0.5) is 4.39 Å². The Kier molecular flexibility index (Phi) is 3.61. The monoisotopic (exact) mass is 247 g/mol. The van der Waals surface area contributed by atoms with Crippen LogP contribution in [-0.4, -0.2) is 15.4 Å². The maximum Gasteiger partial charge on any atom is 0.214 e. The lowest BCUT2D eigenvalue weighted by Crippen LogP contribution is -2.06. The number of halogens is 2. The molecule has 1 heterocycles. The van der Waals surface area contributed by atoms with Crippen LogP contribution in [0.3, 0.4) is 0 Å². The SMILES string of the molecule is CS(=O)(=NC#N)C(F)c1ccc(Cl)nc1. The summed E-state index contributed by atoms with van der Waals surface area (Å²) < 4.78 is 28.2. The maximum absolute atomic E-state index is 13.6. The Morgan fingerprint density at radius 3 is 2.87 bits per heavy atom. The molecule has 1 aromatic heterocycles. The predicted molar refractivity (Wildman–Crippen MR) is 55.2 cm³/mol. The minimum absolute atomic E-state index is 0.0888. The van der Waals surface area contributed by atoms with Crippen molar-refractivity contribution < 1.29 is 8.60 Å². The lowest BCUT2D eigenvalue weighted by Gasteiger charge is -2.08. The fourth-order valence-corrected chi connectivity index (χ4v) is 1.91. The first-order chi connectivity index (χ1) is 6.97. The van der Waals surface area contributed by atoms with Crippen LogP contribution in [-0.2, 0) is 9.73 Å². The molecule has 15 heavy (non-hydrogen) atoms. The number of nitrogens with zero attached hydrogens (tertiary/aromatic N) is 3. The second-order valence-electron chi connectivity index (χ2n) is 2.78. The molecule has 4 nitrogen and oxygen atoms in total. The van der Waals surface area contributed by atoms with Crippen LogP contribution in [0, 0.1) is 11.5 Å². The van der Waals surface area contributed by atoms with Crippen molar-refractivity contribution in [1.29, 1.82) is 5.26 Å². The molecule has 0 bridgehead atoms. The molecule has 0 N–H and O–H groups in total. The Hall–Kier alpha value is -1.19. The third kappa shape index (κ3) is 2.88. The molecule has 0 aliphatic rings. The van der Waals surface area contributed by atoms with Gasteiger partial charge >= 0.3 is 0 Å². The fraction of sp³-hybridized carbons (Fsp3) is 0.250. The van der Waals surface area contributed by atoms with E-state index in [0.717, 1.165) is 6.26 Å². The van der Waals surface area contributed by atoms with Crippen molar-refractivity contribution in [3.63, 3.8) is 0 Å². The number of alkyl halides is 1. The first kappa shape index (κ1) is 11.9. The minimum atomic E-state index is -3.21. The molecule has 2 atom stereocenters. The zero-order valence-corrected chi connectivity index (χ0v) is 9.30. The molecule has 0 aliphatic carbocycles. The van der Waals surface area contributed by atoms with Gasteiger partial charge in [0, 0.05) is 18.0 Å². The van der Waals surface area contributed by atoms with Gasteiger partial charge in [-0.3, -0.25) is 0 Å². The molecule has 2 unspecified atom stereocenters. The molecule has 1 aromatic rings. The molecule has 0 saturated heterocycles. The highest BCUT2D eigenvalue weighted by molar-refractivity contribution is 7.93. The smallest absolute Gasteiger partial charge is 0.214 e. The van der Waals surface area contributed by atoms with Gasteiger partial charge in [0.05, 0.1) is 9.73 Å². The Morgan fingerprint density at radius 2 is 2.40 bits per heavy atom.